The molecule has 0 bridgehead atoms. The first-order chi connectivity index (χ1) is 21.2. The Kier molecular flexibility index (Phi) is 7.63. The van der Waals surface area contributed by atoms with Gasteiger partial charge in [0.15, 0.2) is 5.88 Å². The van der Waals surface area contributed by atoms with Gasteiger partial charge in [-0.2, -0.15) is 0 Å². The van der Waals surface area contributed by atoms with Gasteiger partial charge in [0, 0.05) is 48.1 Å². The molecule has 0 unspecified atom stereocenters. The largest absolute Gasteiger partial charge is 0.494 e. The minimum absolute atomic E-state index is 0.125. The molecule has 4 amide bonds. The summed E-state index contributed by atoms with van der Waals surface area (Å²) in [5, 5.41) is 27.6. The molecule has 4 N–H and O–H groups in total. The molecule has 222 valence electrons. The van der Waals surface area contributed by atoms with Crippen LogP contribution in [0.4, 0.5) is 16.2 Å². The van der Waals surface area contributed by atoms with E-state index in [1.165, 1.54) is 18.2 Å². The number of piperidine rings is 1. The van der Waals surface area contributed by atoms with Gasteiger partial charge in [0.05, 0.1) is 21.9 Å². The molecule has 2 aliphatic heterocycles. The summed E-state index contributed by atoms with van der Waals surface area (Å²) in [6, 6.07) is 18.3. The monoisotopic (exact) mass is 592 g/mol. The fourth-order valence-electron chi connectivity index (χ4n) is 5.40. The molecule has 2 saturated heterocycles. The topological polar surface area (TPSA) is 170 Å². The first-order valence-corrected chi connectivity index (χ1v) is 14.1. The number of aromatic nitrogens is 1. The molecule has 2 aliphatic rings. The molecule has 0 spiro atoms. The number of nitrogens with one attached hydrogen (secondary N) is 3. The second kappa shape index (κ2) is 11.8. The van der Waals surface area contributed by atoms with Crippen LogP contribution in [0, 0.1) is 10.1 Å². The zero-order chi connectivity index (χ0) is 30.8. The summed E-state index contributed by atoms with van der Waals surface area (Å²) in [5.41, 5.74) is 4.09. The van der Waals surface area contributed by atoms with Gasteiger partial charge in [-0.25, -0.2) is 9.79 Å². The number of hydrogen-bond acceptors (Lipinski definition) is 7. The smallest absolute Gasteiger partial charge is 0.326 e. The molecule has 3 aromatic carbocycles. The highest BCUT2D eigenvalue weighted by Gasteiger charge is 2.23. The number of aromatic hydroxyl groups is 1. The first kappa shape index (κ1) is 28.3. The lowest BCUT2D eigenvalue weighted by Gasteiger charge is -2.26. The molecule has 0 saturated carbocycles. The zero-order valence-electron chi connectivity index (χ0n) is 23.5. The molecule has 44 heavy (non-hydrogen) atoms. The van der Waals surface area contributed by atoms with Crippen molar-refractivity contribution in [3.63, 3.8) is 0 Å². The van der Waals surface area contributed by atoms with E-state index in [9.17, 15) is 29.6 Å². The van der Waals surface area contributed by atoms with Crippen LogP contribution in [0.15, 0.2) is 77.4 Å². The van der Waals surface area contributed by atoms with E-state index in [4.69, 9.17) is 4.99 Å². The van der Waals surface area contributed by atoms with Crippen LogP contribution < -0.4 is 10.6 Å². The molecule has 0 atom stereocenters. The second-order valence-electron chi connectivity index (χ2n) is 10.6. The number of nitro benzene ring substituents is 1. The van der Waals surface area contributed by atoms with E-state index in [1.54, 1.807) is 30.3 Å². The number of likely N-dealkylation sites (tertiary alicyclic amines) is 1. The average Bonchev–Trinajstić information content (AvgIpc) is 3.52. The van der Waals surface area contributed by atoms with E-state index in [2.05, 4.69) is 15.6 Å². The van der Waals surface area contributed by atoms with Gasteiger partial charge in [0.2, 0.25) is 5.91 Å². The number of amides is 4. The third-order valence-electron chi connectivity index (χ3n) is 7.69. The van der Waals surface area contributed by atoms with Gasteiger partial charge in [-0.05, 0) is 54.7 Å². The Morgan fingerprint density at radius 1 is 1.00 bits per heavy atom. The number of nitro groups is 1. The summed E-state index contributed by atoms with van der Waals surface area (Å²) < 4.78 is 0. The van der Waals surface area contributed by atoms with Gasteiger partial charge < -0.3 is 20.3 Å². The lowest BCUT2D eigenvalue weighted by atomic mass is 9.98. The third-order valence-corrected chi connectivity index (χ3v) is 7.69. The van der Waals surface area contributed by atoms with Crippen molar-refractivity contribution in [3.8, 4) is 5.88 Å². The van der Waals surface area contributed by atoms with Crippen molar-refractivity contribution in [2.45, 2.75) is 25.7 Å². The lowest BCUT2D eigenvalue weighted by Crippen LogP contribution is -2.36. The number of non-ortho nitro benzene ring substituents is 1. The van der Waals surface area contributed by atoms with Crippen LogP contribution in [0.3, 0.4) is 0 Å². The predicted molar refractivity (Wildman–Crippen MR) is 164 cm³/mol. The Labute approximate surface area is 251 Å². The summed E-state index contributed by atoms with van der Waals surface area (Å²) in [6.07, 6.45) is 4.77. The summed E-state index contributed by atoms with van der Waals surface area (Å²) in [7, 11) is 0. The van der Waals surface area contributed by atoms with E-state index in [-0.39, 0.29) is 23.2 Å². The number of hydrogen-bond donors (Lipinski definition) is 4. The number of imide groups is 1. The molecule has 12 nitrogen and oxygen atoms in total. The van der Waals surface area contributed by atoms with Gasteiger partial charge in [-0.15, -0.1) is 0 Å². The average molecular weight is 593 g/mol. The highest BCUT2D eigenvalue weighted by molar-refractivity contribution is 6.22. The van der Waals surface area contributed by atoms with Crippen LogP contribution in [0.25, 0.3) is 17.0 Å². The molecule has 4 aromatic rings. The van der Waals surface area contributed by atoms with Crippen molar-refractivity contribution in [2.75, 3.05) is 13.1 Å². The highest BCUT2D eigenvalue weighted by atomic mass is 16.6. The Morgan fingerprint density at radius 3 is 2.45 bits per heavy atom. The van der Waals surface area contributed by atoms with Gasteiger partial charge in [0.25, 0.3) is 11.6 Å². The number of fused-ring (bicyclic) bond motifs is 1. The molecular formula is C32H28N6O6. The quantitative estimate of drug-likeness (QED) is 0.0761. The van der Waals surface area contributed by atoms with Crippen LogP contribution in [-0.4, -0.2) is 56.6 Å². The number of nitrogens with zero attached hydrogens (tertiary/aromatic N) is 3. The minimum atomic E-state index is -0.586. The number of aliphatic imine (C=N–C) groups is 1. The maximum absolute atomic E-state index is 12.2. The minimum Gasteiger partial charge on any atom is -0.494 e. The van der Waals surface area contributed by atoms with Crippen LogP contribution >= 0.6 is 0 Å². The van der Waals surface area contributed by atoms with E-state index in [0.29, 0.717) is 58.4 Å². The number of H-pyrrole nitrogens is 1. The van der Waals surface area contributed by atoms with Gasteiger partial charge in [-0.1, -0.05) is 36.4 Å². The molecule has 1 aromatic heterocycles. The van der Waals surface area contributed by atoms with Crippen molar-refractivity contribution < 1.29 is 24.4 Å². The Bertz CT molecular complexity index is 1860. The van der Waals surface area contributed by atoms with Crippen molar-refractivity contribution in [1.29, 1.82) is 0 Å². The van der Waals surface area contributed by atoms with Crippen molar-refractivity contribution in [3.05, 3.63) is 105 Å². The van der Waals surface area contributed by atoms with E-state index in [0.717, 1.165) is 24.9 Å². The number of urea groups is 1. The number of rotatable bonds is 8. The molecule has 6 rings (SSSR count). The van der Waals surface area contributed by atoms with E-state index >= 15 is 0 Å². The fourth-order valence-corrected chi connectivity index (χ4v) is 5.40. The second-order valence-corrected chi connectivity index (χ2v) is 10.6. The van der Waals surface area contributed by atoms with Gasteiger partial charge in [0.1, 0.15) is 5.70 Å². The van der Waals surface area contributed by atoms with Crippen LogP contribution in [0.5, 0.6) is 5.88 Å². The highest BCUT2D eigenvalue weighted by Crippen LogP contribution is 2.34. The van der Waals surface area contributed by atoms with E-state index in [1.807, 2.05) is 29.2 Å². The number of carbonyl (C=O) groups excluding carboxylic acids is 3. The zero-order valence-corrected chi connectivity index (χ0v) is 23.5. The van der Waals surface area contributed by atoms with Gasteiger partial charge >= 0.3 is 6.03 Å². The molecule has 12 heteroatoms. The van der Waals surface area contributed by atoms with Gasteiger partial charge in [-0.3, -0.25) is 25.0 Å². The Hall–Kier alpha value is -5.78. The number of aromatic amines is 1. The van der Waals surface area contributed by atoms with Crippen LogP contribution in [-0.2, 0) is 16.0 Å². The van der Waals surface area contributed by atoms with Crippen LogP contribution in [0.2, 0.25) is 0 Å². The number of benzene rings is 3. The number of carbonyl (C=O) groups is 3. The summed E-state index contributed by atoms with van der Waals surface area (Å²) in [4.78, 5) is 56.2. The van der Waals surface area contributed by atoms with Crippen molar-refractivity contribution in [1.82, 2.24) is 20.5 Å². The predicted octanol–water partition coefficient (Wildman–Crippen LogP) is 4.69. The summed E-state index contributed by atoms with van der Waals surface area (Å²) in [5.74, 6) is -0.518. The SMILES string of the molecule is O=C1NC(=O)C(=Cc2ccc(N=C(c3ccc(CCN4CCCCC4=O)cc3)c3c(O)[nH]c4ccc([N+](=O)[O-])cc34)cc2)N1. The molecular weight excluding hydrogens is 564 g/mol. The molecule has 0 radical (unpaired) electrons. The normalized spacial score (nSPS) is 16.5. The summed E-state index contributed by atoms with van der Waals surface area (Å²) >= 11 is 0. The van der Waals surface area contributed by atoms with E-state index < -0.39 is 16.9 Å². The van der Waals surface area contributed by atoms with Crippen molar-refractivity contribution >= 4 is 51.9 Å². The lowest BCUT2D eigenvalue weighted by molar-refractivity contribution is -0.384. The molecule has 2 fully saturated rings. The third kappa shape index (κ3) is 5.91. The maximum atomic E-state index is 12.2. The Balaban J connectivity index is 1.36. The molecule has 0 aliphatic carbocycles. The maximum Gasteiger partial charge on any atom is 0.326 e. The van der Waals surface area contributed by atoms with Crippen molar-refractivity contribution in [2.24, 2.45) is 4.99 Å². The molecule has 3 heterocycles. The van der Waals surface area contributed by atoms with Crippen LogP contribution in [0.1, 0.15) is 41.5 Å². The fraction of sp³-hybridized carbons (Fsp3) is 0.188. The standard InChI is InChI=1S/C32H28N6O6/c39-27-3-1-2-15-37(27)16-14-19-4-8-21(9-5-19)29(28-24-18-23(38(43)44)12-13-25(24)34-31(28)41)33-22-10-6-20(7-11-22)17-26-30(40)36-32(42)35-26/h4-13,17-18,34,41H,1-3,14-16H2,(H2,35,36,40,42). The Morgan fingerprint density at radius 2 is 1.77 bits per heavy atom. The first-order valence-electron chi connectivity index (χ1n) is 14.1. The summed E-state index contributed by atoms with van der Waals surface area (Å²) in [6.45, 7) is 1.41.